The predicted molar refractivity (Wildman–Crippen MR) is 105 cm³/mol. The summed E-state index contributed by atoms with van der Waals surface area (Å²) in [6.07, 6.45) is 2.13. The lowest BCUT2D eigenvalue weighted by Gasteiger charge is -2.21. The number of hydrazone groups is 1. The first kappa shape index (κ1) is 19.8. The van der Waals surface area contributed by atoms with Crippen molar-refractivity contribution in [2.45, 2.75) is 32.1 Å². The van der Waals surface area contributed by atoms with Gasteiger partial charge in [0.25, 0.3) is 10.0 Å². The molecule has 0 unspecified atom stereocenters. The summed E-state index contributed by atoms with van der Waals surface area (Å²) in [6.45, 7) is 7.75. The monoisotopic (exact) mass is 375 g/mol. The van der Waals surface area contributed by atoms with Gasteiger partial charge in [-0.2, -0.15) is 13.5 Å². The highest BCUT2D eigenvalue weighted by molar-refractivity contribution is 7.89. The molecular formula is C19H25N3O3S. The minimum atomic E-state index is -3.74. The average Bonchev–Trinajstić information content (AvgIpc) is 2.64. The zero-order valence-corrected chi connectivity index (χ0v) is 16.1. The highest BCUT2D eigenvalue weighted by Crippen LogP contribution is 2.23. The number of hydrogen-bond acceptors (Lipinski definition) is 5. The van der Waals surface area contributed by atoms with Crippen LogP contribution < -0.4 is 9.73 Å². The summed E-state index contributed by atoms with van der Waals surface area (Å²) in [5.74, 6) is 0.0460. The molecule has 0 amide bonds. The van der Waals surface area contributed by atoms with Gasteiger partial charge >= 0.3 is 0 Å². The van der Waals surface area contributed by atoms with Crippen LogP contribution in [0.15, 0.2) is 52.5 Å². The van der Waals surface area contributed by atoms with Crippen molar-refractivity contribution in [2.24, 2.45) is 5.10 Å². The van der Waals surface area contributed by atoms with Gasteiger partial charge in [-0.25, -0.2) is 4.83 Å². The lowest BCUT2D eigenvalue weighted by atomic mass is 10.2. The van der Waals surface area contributed by atoms with Crippen molar-refractivity contribution in [1.29, 1.82) is 0 Å². The number of benzene rings is 2. The second kappa shape index (κ2) is 8.71. The van der Waals surface area contributed by atoms with Crippen LogP contribution in [0.4, 0.5) is 5.69 Å². The van der Waals surface area contributed by atoms with E-state index in [2.05, 4.69) is 14.8 Å². The number of phenolic OH excluding ortho intramolecular Hbond substituents is 1. The van der Waals surface area contributed by atoms with E-state index < -0.39 is 10.0 Å². The van der Waals surface area contributed by atoms with Crippen molar-refractivity contribution in [1.82, 2.24) is 4.83 Å². The van der Waals surface area contributed by atoms with Crippen molar-refractivity contribution >= 4 is 21.9 Å². The van der Waals surface area contributed by atoms with Crippen LogP contribution in [0.25, 0.3) is 0 Å². The molecule has 0 bridgehead atoms. The van der Waals surface area contributed by atoms with Crippen LogP contribution in [-0.2, 0) is 16.4 Å². The van der Waals surface area contributed by atoms with Gasteiger partial charge in [-0.1, -0.05) is 19.1 Å². The molecule has 2 aromatic carbocycles. The molecule has 2 rings (SSSR count). The highest BCUT2D eigenvalue weighted by atomic mass is 32.2. The number of phenols is 1. The zero-order valence-electron chi connectivity index (χ0n) is 15.3. The number of anilines is 1. The Morgan fingerprint density at radius 1 is 1.08 bits per heavy atom. The van der Waals surface area contributed by atoms with Crippen LogP contribution in [-0.4, -0.2) is 32.8 Å². The van der Waals surface area contributed by atoms with Gasteiger partial charge in [-0.15, -0.1) is 0 Å². The van der Waals surface area contributed by atoms with E-state index in [0.717, 1.165) is 30.8 Å². The number of hydrogen-bond donors (Lipinski definition) is 2. The quantitative estimate of drug-likeness (QED) is 0.549. The third-order valence-electron chi connectivity index (χ3n) is 4.16. The zero-order chi connectivity index (χ0) is 19.2. The average molecular weight is 375 g/mol. The number of nitrogens with one attached hydrogen (secondary N) is 1. The Morgan fingerprint density at radius 2 is 1.73 bits per heavy atom. The molecule has 0 atom stereocenters. The molecule has 0 fully saturated rings. The number of nitrogens with zero attached hydrogens (tertiary/aromatic N) is 2. The minimum Gasteiger partial charge on any atom is -0.507 e. The van der Waals surface area contributed by atoms with Crippen molar-refractivity contribution in [3.63, 3.8) is 0 Å². The summed E-state index contributed by atoms with van der Waals surface area (Å²) in [5.41, 5.74) is 2.40. The number of sulfonamides is 1. The molecule has 7 heteroatoms. The van der Waals surface area contributed by atoms with Gasteiger partial charge in [0.15, 0.2) is 0 Å². The Balaban J connectivity index is 2.11. The van der Waals surface area contributed by atoms with Crippen LogP contribution in [0.5, 0.6) is 5.75 Å². The number of rotatable bonds is 8. The summed E-state index contributed by atoms with van der Waals surface area (Å²) in [6, 6.07) is 11.9. The van der Waals surface area contributed by atoms with Crippen LogP contribution in [0, 0.1) is 0 Å². The van der Waals surface area contributed by atoms with Crippen LogP contribution in [0.2, 0.25) is 0 Å². The molecular weight excluding hydrogens is 350 g/mol. The maximum atomic E-state index is 12.2. The molecule has 6 nitrogen and oxygen atoms in total. The largest absolute Gasteiger partial charge is 0.507 e. The van der Waals surface area contributed by atoms with Gasteiger partial charge in [-0.05, 0) is 50.1 Å². The topological polar surface area (TPSA) is 82.0 Å². The molecule has 140 valence electrons. The van der Waals surface area contributed by atoms with Crippen LogP contribution in [0.1, 0.15) is 31.9 Å². The van der Waals surface area contributed by atoms with E-state index in [0.29, 0.717) is 5.56 Å². The fourth-order valence-corrected chi connectivity index (χ4v) is 3.34. The Kier molecular flexibility index (Phi) is 6.63. The minimum absolute atomic E-state index is 0.0460. The van der Waals surface area contributed by atoms with E-state index in [1.54, 1.807) is 36.4 Å². The maximum Gasteiger partial charge on any atom is 0.276 e. The summed E-state index contributed by atoms with van der Waals surface area (Å²) in [4.78, 5) is 4.42. The Morgan fingerprint density at radius 3 is 2.27 bits per heavy atom. The molecule has 0 aliphatic heterocycles. The van der Waals surface area contributed by atoms with Crippen LogP contribution >= 0.6 is 0 Å². The summed E-state index contributed by atoms with van der Waals surface area (Å²) in [5, 5.41) is 13.9. The lowest BCUT2D eigenvalue weighted by Crippen LogP contribution is -2.21. The van der Waals surface area contributed by atoms with Gasteiger partial charge in [0.05, 0.1) is 11.1 Å². The van der Waals surface area contributed by atoms with Crippen molar-refractivity contribution in [3.05, 3.63) is 53.6 Å². The normalized spacial score (nSPS) is 11.7. The van der Waals surface area contributed by atoms with Gasteiger partial charge in [0.2, 0.25) is 0 Å². The van der Waals surface area contributed by atoms with Gasteiger partial charge in [-0.3, -0.25) is 0 Å². The van der Waals surface area contributed by atoms with E-state index in [-0.39, 0.29) is 10.6 Å². The molecule has 0 saturated carbocycles. The Hall–Kier alpha value is -2.54. The molecule has 0 aromatic heterocycles. The van der Waals surface area contributed by atoms with Crippen LogP contribution in [0.3, 0.4) is 0 Å². The van der Waals surface area contributed by atoms with Gasteiger partial charge < -0.3 is 10.0 Å². The first-order valence-electron chi connectivity index (χ1n) is 8.63. The van der Waals surface area contributed by atoms with Crippen molar-refractivity contribution in [2.75, 3.05) is 18.0 Å². The fourth-order valence-electron chi connectivity index (χ4n) is 2.55. The molecule has 0 saturated heterocycles. The number of aryl methyl sites for hydroxylation is 1. The second-order valence-corrected chi connectivity index (χ2v) is 7.43. The standard InChI is InChI=1S/C19H25N3O3S/c1-4-15-7-11-18(12-8-15)26(24,25)21-20-14-16-9-10-17(13-19(16)23)22(5-2)6-3/h7-14,21,23H,4-6H2,1-3H3/b20-14+. The Bertz CT molecular complexity index is 858. The van der Waals surface area contributed by atoms with E-state index in [4.69, 9.17) is 0 Å². The van der Waals surface area contributed by atoms with E-state index >= 15 is 0 Å². The first-order chi connectivity index (χ1) is 12.4. The van der Waals surface area contributed by atoms with Gasteiger partial charge in [0, 0.05) is 30.4 Å². The van der Waals surface area contributed by atoms with E-state index in [9.17, 15) is 13.5 Å². The molecule has 0 aliphatic rings. The van der Waals surface area contributed by atoms with Crippen molar-refractivity contribution in [3.8, 4) is 5.75 Å². The summed E-state index contributed by atoms with van der Waals surface area (Å²) < 4.78 is 24.5. The smallest absolute Gasteiger partial charge is 0.276 e. The third kappa shape index (κ3) is 4.76. The van der Waals surface area contributed by atoms with Gasteiger partial charge in [0.1, 0.15) is 5.75 Å². The summed E-state index contributed by atoms with van der Waals surface area (Å²) in [7, 11) is -3.74. The van der Waals surface area contributed by atoms with E-state index in [1.807, 2.05) is 26.8 Å². The molecule has 0 heterocycles. The lowest BCUT2D eigenvalue weighted by molar-refractivity contribution is 0.474. The number of aromatic hydroxyl groups is 1. The summed E-state index contributed by atoms with van der Waals surface area (Å²) >= 11 is 0. The third-order valence-corrected chi connectivity index (χ3v) is 5.40. The maximum absolute atomic E-state index is 12.2. The second-order valence-electron chi connectivity index (χ2n) is 5.77. The molecule has 26 heavy (non-hydrogen) atoms. The highest BCUT2D eigenvalue weighted by Gasteiger charge is 2.12. The molecule has 0 spiro atoms. The predicted octanol–water partition coefficient (Wildman–Crippen LogP) is 3.11. The molecule has 2 aromatic rings. The fraction of sp³-hybridized carbons (Fsp3) is 0.316. The molecule has 0 radical (unpaired) electrons. The molecule has 2 N–H and O–H groups in total. The van der Waals surface area contributed by atoms with Crippen molar-refractivity contribution < 1.29 is 13.5 Å². The SMILES string of the molecule is CCc1ccc(S(=O)(=O)N/N=C/c2ccc(N(CC)CC)cc2O)cc1. The first-order valence-corrected chi connectivity index (χ1v) is 10.1. The Labute approximate surface area is 155 Å². The van der Waals surface area contributed by atoms with E-state index in [1.165, 1.54) is 6.21 Å². The molecule has 0 aliphatic carbocycles.